The molecule has 128 valence electrons. The van der Waals surface area contributed by atoms with E-state index in [-0.39, 0.29) is 5.97 Å². The van der Waals surface area contributed by atoms with Crippen molar-refractivity contribution in [2.24, 2.45) is 5.92 Å². The summed E-state index contributed by atoms with van der Waals surface area (Å²) < 4.78 is 4.86. The van der Waals surface area contributed by atoms with E-state index < -0.39 is 0 Å². The summed E-state index contributed by atoms with van der Waals surface area (Å²) in [7, 11) is 3.66. The zero-order valence-corrected chi connectivity index (χ0v) is 14.2. The third-order valence-electron chi connectivity index (χ3n) is 4.88. The topological polar surface area (TPSA) is 48.1 Å². The van der Waals surface area contributed by atoms with Gasteiger partial charge >= 0.3 is 5.97 Å². The van der Waals surface area contributed by atoms with Crippen LogP contribution in [0.25, 0.3) is 0 Å². The van der Waals surface area contributed by atoms with Gasteiger partial charge in [-0.05, 0) is 38.9 Å². The van der Waals surface area contributed by atoms with E-state index in [0.29, 0.717) is 12.5 Å². The fourth-order valence-corrected chi connectivity index (χ4v) is 3.27. The van der Waals surface area contributed by atoms with Crippen LogP contribution in [0.5, 0.6) is 0 Å². The molecule has 22 heavy (non-hydrogen) atoms. The van der Waals surface area contributed by atoms with Gasteiger partial charge in [-0.3, -0.25) is 14.6 Å². The van der Waals surface area contributed by atoms with Gasteiger partial charge in [0, 0.05) is 45.8 Å². The van der Waals surface area contributed by atoms with Crippen molar-refractivity contribution in [2.75, 3.05) is 79.6 Å². The highest BCUT2D eigenvalue weighted by molar-refractivity contribution is 5.71. The van der Waals surface area contributed by atoms with E-state index in [1.807, 2.05) is 0 Å². The minimum Gasteiger partial charge on any atom is -0.468 e. The second-order valence-corrected chi connectivity index (χ2v) is 6.65. The fraction of sp³-hybridized carbons (Fsp3) is 0.938. The van der Waals surface area contributed by atoms with E-state index >= 15 is 0 Å². The summed E-state index contributed by atoms with van der Waals surface area (Å²) in [6.07, 6.45) is 2.43. The molecule has 0 spiro atoms. The fourth-order valence-electron chi connectivity index (χ4n) is 3.27. The van der Waals surface area contributed by atoms with Crippen LogP contribution < -0.4 is 5.32 Å². The molecule has 2 saturated heterocycles. The van der Waals surface area contributed by atoms with E-state index in [9.17, 15) is 4.79 Å². The first kappa shape index (κ1) is 17.7. The number of hydrogen-bond donors (Lipinski definition) is 1. The third kappa shape index (κ3) is 6.20. The molecule has 2 aliphatic rings. The van der Waals surface area contributed by atoms with Gasteiger partial charge in [-0.15, -0.1) is 0 Å². The van der Waals surface area contributed by atoms with Crippen molar-refractivity contribution < 1.29 is 9.53 Å². The van der Waals surface area contributed by atoms with Crippen molar-refractivity contribution in [3.8, 4) is 0 Å². The van der Waals surface area contributed by atoms with Crippen molar-refractivity contribution in [1.29, 1.82) is 0 Å². The summed E-state index contributed by atoms with van der Waals surface area (Å²) in [5.41, 5.74) is 0. The maximum absolute atomic E-state index is 11.7. The lowest BCUT2D eigenvalue weighted by Gasteiger charge is -2.35. The number of nitrogens with one attached hydrogen (secondary N) is 1. The number of nitrogens with zero attached hydrogens (tertiary/aromatic N) is 3. The van der Waals surface area contributed by atoms with Gasteiger partial charge in [-0.25, -0.2) is 0 Å². The smallest absolute Gasteiger partial charge is 0.319 e. The molecular formula is C16H32N4O2. The summed E-state index contributed by atoms with van der Waals surface area (Å²) in [5.74, 6) is 0.589. The second kappa shape index (κ2) is 9.45. The van der Waals surface area contributed by atoms with Crippen LogP contribution >= 0.6 is 0 Å². The zero-order chi connectivity index (χ0) is 15.8. The van der Waals surface area contributed by atoms with Crippen molar-refractivity contribution in [1.82, 2.24) is 20.0 Å². The van der Waals surface area contributed by atoms with Gasteiger partial charge in [0.05, 0.1) is 13.7 Å². The highest BCUT2D eigenvalue weighted by Crippen LogP contribution is 2.13. The summed E-state index contributed by atoms with van der Waals surface area (Å²) in [6, 6.07) is 0. The summed E-state index contributed by atoms with van der Waals surface area (Å²) in [6.45, 7) is 10.2. The SMILES string of the molecule is COC(=O)CN(CCN1CCN(C)CC1)CC1CCNCC1. The molecule has 0 amide bonds. The Hall–Kier alpha value is -0.690. The number of piperazine rings is 1. The molecule has 2 heterocycles. The number of esters is 1. The monoisotopic (exact) mass is 312 g/mol. The molecule has 0 atom stereocenters. The molecule has 2 rings (SSSR count). The number of hydrogen-bond acceptors (Lipinski definition) is 6. The number of ether oxygens (including phenoxy) is 1. The molecule has 0 unspecified atom stereocenters. The Balaban J connectivity index is 1.76. The molecule has 0 aromatic carbocycles. The second-order valence-electron chi connectivity index (χ2n) is 6.65. The molecule has 0 aliphatic carbocycles. The Morgan fingerprint density at radius 3 is 2.55 bits per heavy atom. The van der Waals surface area contributed by atoms with Crippen LogP contribution in [0.1, 0.15) is 12.8 Å². The first-order chi connectivity index (χ1) is 10.7. The summed E-state index contributed by atoms with van der Waals surface area (Å²) in [4.78, 5) is 18.8. The standard InChI is InChI=1S/C16H32N4O2/c1-18-7-9-19(10-8-18)11-12-20(14-16(21)22-2)13-15-3-5-17-6-4-15/h15,17H,3-14H2,1-2H3. The van der Waals surface area contributed by atoms with Gasteiger partial charge in [0.15, 0.2) is 0 Å². The molecule has 1 N–H and O–H groups in total. The maximum atomic E-state index is 11.7. The molecule has 0 aromatic rings. The van der Waals surface area contributed by atoms with Crippen LogP contribution in [0.4, 0.5) is 0 Å². The van der Waals surface area contributed by atoms with Gasteiger partial charge in [0.25, 0.3) is 0 Å². The maximum Gasteiger partial charge on any atom is 0.319 e. The van der Waals surface area contributed by atoms with Gasteiger partial charge in [0.1, 0.15) is 0 Å². The van der Waals surface area contributed by atoms with Crippen LogP contribution in [-0.2, 0) is 9.53 Å². The Morgan fingerprint density at radius 1 is 1.23 bits per heavy atom. The van der Waals surface area contributed by atoms with Crippen molar-refractivity contribution in [3.63, 3.8) is 0 Å². The normalized spacial score (nSPS) is 22.1. The molecule has 2 fully saturated rings. The van der Waals surface area contributed by atoms with Crippen molar-refractivity contribution >= 4 is 5.97 Å². The average Bonchev–Trinajstić information content (AvgIpc) is 2.55. The number of rotatable bonds is 7. The summed E-state index contributed by atoms with van der Waals surface area (Å²) >= 11 is 0. The Labute approximate surface area is 134 Å². The van der Waals surface area contributed by atoms with Crippen LogP contribution in [0.2, 0.25) is 0 Å². The first-order valence-electron chi connectivity index (χ1n) is 8.58. The minimum absolute atomic E-state index is 0.118. The predicted molar refractivity (Wildman–Crippen MR) is 88.0 cm³/mol. The Morgan fingerprint density at radius 2 is 1.91 bits per heavy atom. The predicted octanol–water partition coefficient (Wildman–Crippen LogP) is -0.292. The average molecular weight is 312 g/mol. The lowest BCUT2D eigenvalue weighted by atomic mass is 9.97. The highest BCUT2D eigenvalue weighted by Gasteiger charge is 2.20. The van der Waals surface area contributed by atoms with E-state index in [2.05, 4.69) is 27.1 Å². The van der Waals surface area contributed by atoms with Gasteiger partial charge in [0.2, 0.25) is 0 Å². The van der Waals surface area contributed by atoms with Crippen molar-refractivity contribution in [2.45, 2.75) is 12.8 Å². The molecule has 0 saturated carbocycles. The molecule has 0 radical (unpaired) electrons. The van der Waals surface area contributed by atoms with Gasteiger partial charge in [-0.2, -0.15) is 0 Å². The van der Waals surface area contributed by atoms with E-state index in [4.69, 9.17) is 4.74 Å². The number of carbonyl (C=O) groups excluding carboxylic acids is 1. The van der Waals surface area contributed by atoms with E-state index in [0.717, 1.165) is 58.9 Å². The molecule has 6 nitrogen and oxygen atoms in total. The largest absolute Gasteiger partial charge is 0.468 e. The van der Waals surface area contributed by atoms with Gasteiger partial charge in [-0.1, -0.05) is 0 Å². The highest BCUT2D eigenvalue weighted by atomic mass is 16.5. The number of methoxy groups -OCH3 is 1. The van der Waals surface area contributed by atoms with Crippen LogP contribution in [0, 0.1) is 5.92 Å². The van der Waals surface area contributed by atoms with E-state index in [1.54, 1.807) is 0 Å². The molecule has 2 aliphatic heterocycles. The van der Waals surface area contributed by atoms with Crippen molar-refractivity contribution in [3.05, 3.63) is 0 Å². The van der Waals surface area contributed by atoms with Gasteiger partial charge < -0.3 is 15.0 Å². The third-order valence-corrected chi connectivity index (χ3v) is 4.88. The lowest BCUT2D eigenvalue weighted by molar-refractivity contribution is -0.142. The quantitative estimate of drug-likeness (QED) is 0.652. The molecule has 0 bridgehead atoms. The summed E-state index contributed by atoms with van der Waals surface area (Å²) in [5, 5.41) is 3.40. The number of carbonyl (C=O) groups is 1. The number of piperidine rings is 1. The lowest BCUT2D eigenvalue weighted by Crippen LogP contribution is -2.48. The Bertz CT molecular complexity index is 326. The zero-order valence-electron chi connectivity index (χ0n) is 14.2. The van der Waals surface area contributed by atoms with E-state index in [1.165, 1.54) is 20.0 Å². The molecule has 0 aromatic heterocycles. The minimum atomic E-state index is -0.118. The molecular weight excluding hydrogens is 280 g/mol. The van der Waals surface area contributed by atoms with Crippen LogP contribution in [-0.4, -0.2) is 100 Å². The molecule has 6 heteroatoms. The van der Waals surface area contributed by atoms with Crippen LogP contribution in [0.3, 0.4) is 0 Å². The Kier molecular flexibility index (Phi) is 7.59. The van der Waals surface area contributed by atoms with Crippen LogP contribution in [0.15, 0.2) is 0 Å². The number of likely N-dealkylation sites (N-methyl/N-ethyl adjacent to an activating group) is 1. The first-order valence-corrected chi connectivity index (χ1v) is 8.58.